The summed E-state index contributed by atoms with van der Waals surface area (Å²) < 4.78 is 44.7. The highest BCUT2D eigenvalue weighted by Gasteiger charge is 2.25. The highest BCUT2D eigenvalue weighted by atomic mass is 32.1. The Bertz CT molecular complexity index is 1200. The lowest BCUT2D eigenvalue weighted by atomic mass is 10.0. The van der Waals surface area contributed by atoms with Gasteiger partial charge in [0.05, 0.1) is 16.8 Å². The summed E-state index contributed by atoms with van der Waals surface area (Å²) in [7, 11) is 1.43. The van der Waals surface area contributed by atoms with Gasteiger partial charge in [0.25, 0.3) is 5.56 Å². The number of halogens is 3. The average Bonchev–Trinajstić information content (AvgIpc) is 2.82. The van der Waals surface area contributed by atoms with Gasteiger partial charge in [-0.25, -0.2) is 13.2 Å². The van der Waals surface area contributed by atoms with Crippen molar-refractivity contribution in [2.45, 2.75) is 41.0 Å². The van der Waals surface area contributed by atoms with Gasteiger partial charge in [-0.15, -0.1) is 0 Å². The van der Waals surface area contributed by atoms with Crippen LogP contribution in [-0.4, -0.2) is 29.1 Å². The van der Waals surface area contributed by atoms with Crippen molar-refractivity contribution in [1.82, 2.24) is 4.57 Å². The summed E-state index contributed by atoms with van der Waals surface area (Å²) in [6.45, 7) is 9.41. The number of hydrogen-bond donors (Lipinski definition) is 2. The van der Waals surface area contributed by atoms with Crippen LogP contribution in [0.1, 0.15) is 54.7 Å². The number of carbonyl (C=O) groups is 1. The molecule has 9 heteroatoms. The summed E-state index contributed by atoms with van der Waals surface area (Å²) >= 11 is 4.21. The molecule has 0 bridgehead atoms. The maximum absolute atomic E-state index is 15.0. The van der Waals surface area contributed by atoms with Crippen molar-refractivity contribution in [3.63, 3.8) is 0 Å². The number of aliphatic hydroxyl groups is 1. The minimum absolute atomic E-state index is 0.0820. The fraction of sp³-hybridized carbons (Fsp3) is 0.308. The SMILES string of the molecule is CC.CC.Cc1cc(CCO)cc(F)c1-n1c(N(C)S)c(C(=O)c2ccc(F)cc2F)ccc1=O. The Morgan fingerprint density at radius 2 is 1.57 bits per heavy atom. The second kappa shape index (κ2) is 13.7. The first-order valence-corrected chi connectivity index (χ1v) is 11.6. The van der Waals surface area contributed by atoms with E-state index >= 15 is 4.39 Å². The highest BCUT2D eigenvalue weighted by molar-refractivity contribution is 7.81. The largest absolute Gasteiger partial charge is 0.396 e. The molecule has 190 valence electrons. The minimum atomic E-state index is -1.06. The van der Waals surface area contributed by atoms with Crippen LogP contribution < -0.4 is 9.86 Å². The normalized spacial score (nSPS) is 10.0. The Morgan fingerprint density at radius 1 is 0.971 bits per heavy atom. The molecule has 0 fully saturated rings. The van der Waals surface area contributed by atoms with Gasteiger partial charge in [-0.1, -0.05) is 46.6 Å². The summed E-state index contributed by atoms with van der Waals surface area (Å²) in [6, 6.07) is 7.60. The van der Waals surface area contributed by atoms with Gasteiger partial charge in [-0.05, 0) is 48.7 Å². The molecule has 35 heavy (non-hydrogen) atoms. The topological polar surface area (TPSA) is 62.5 Å². The van der Waals surface area contributed by atoms with Crippen molar-refractivity contribution in [1.29, 1.82) is 0 Å². The van der Waals surface area contributed by atoms with Gasteiger partial charge in [0.2, 0.25) is 0 Å². The zero-order valence-corrected chi connectivity index (χ0v) is 21.6. The molecule has 0 amide bonds. The summed E-state index contributed by atoms with van der Waals surface area (Å²) in [6.07, 6.45) is 0.231. The van der Waals surface area contributed by atoms with Gasteiger partial charge in [-0.2, -0.15) is 0 Å². The van der Waals surface area contributed by atoms with Crippen molar-refractivity contribution >= 4 is 24.4 Å². The number of aryl methyl sites for hydroxylation is 1. The van der Waals surface area contributed by atoms with Gasteiger partial charge in [0.1, 0.15) is 23.3 Å². The molecule has 0 aliphatic heterocycles. The molecule has 0 saturated heterocycles. The van der Waals surface area contributed by atoms with Crippen molar-refractivity contribution in [3.05, 3.63) is 92.5 Å². The number of anilines is 1. The molecule has 5 nitrogen and oxygen atoms in total. The Kier molecular flexibility index (Phi) is 11.8. The lowest BCUT2D eigenvalue weighted by Gasteiger charge is -2.23. The van der Waals surface area contributed by atoms with E-state index in [1.807, 2.05) is 27.7 Å². The van der Waals surface area contributed by atoms with E-state index in [1.165, 1.54) is 19.2 Å². The molecule has 3 aromatic rings. The third-order valence-corrected chi connectivity index (χ3v) is 4.92. The molecule has 1 aromatic heterocycles. The maximum Gasteiger partial charge on any atom is 0.256 e. The first kappa shape index (κ1) is 30.0. The van der Waals surface area contributed by atoms with Crippen molar-refractivity contribution < 1.29 is 23.1 Å². The van der Waals surface area contributed by atoms with Gasteiger partial charge >= 0.3 is 0 Å². The summed E-state index contributed by atoms with van der Waals surface area (Å²) in [5.74, 6) is -3.55. The quantitative estimate of drug-likeness (QED) is 0.333. The van der Waals surface area contributed by atoms with Crippen LogP contribution >= 0.6 is 12.8 Å². The highest BCUT2D eigenvalue weighted by Crippen LogP contribution is 2.29. The fourth-order valence-electron chi connectivity index (χ4n) is 3.42. The van der Waals surface area contributed by atoms with Crippen molar-refractivity contribution in [3.8, 4) is 5.69 Å². The second-order valence-corrected chi connectivity index (χ2v) is 7.54. The third kappa shape index (κ3) is 6.76. The number of thiol groups is 1. The second-order valence-electron chi connectivity index (χ2n) is 6.94. The van der Waals surface area contributed by atoms with Crippen LogP contribution in [0, 0.1) is 24.4 Å². The minimum Gasteiger partial charge on any atom is -0.396 e. The predicted molar refractivity (Wildman–Crippen MR) is 137 cm³/mol. The average molecular weight is 509 g/mol. The van der Waals surface area contributed by atoms with E-state index < -0.39 is 34.4 Å². The molecule has 0 atom stereocenters. The van der Waals surface area contributed by atoms with E-state index in [0.717, 1.165) is 27.1 Å². The molecule has 2 aromatic carbocycles. The molecule has 1 heterocycles. The number of nitrogens with zero attached hydrogens (tertiary/aromatic N) is 2. The number of pyridine rings is 1. The van der Waals surface area contributed by atoms with Crippen LogP contribution in [0.15, 0.2) is 47.3 Å². The number of rotatable bonds is 6. The number of carbonyl (C=O) groups excluding carboxylic acids is 1. The summed E-state index contributed by atoms with van der Waals surface area (Å²) in [5, 5.41) is 9.11. The fourth-order valence-corrected chi connectivity index (χ4v) is 3.62. The predicted octanol–water partition coefficient (Wildman–Crippen LogP) is 5.66. The summed E-state index contributed by atoms with van der Waals surface area (Å²) in [5.41, 5.74) is -0.338. The van der Waals surface area contributed by atoms with E-state index in [9.17, 15) is 18.4 Å². The Balaban J connectivity index is 0.00000145. The van der Waals surface area contributed by atoms with Crippen LogP contribution in [0.2, 0.25) is 0 Å². The van der Waals surface area contributed by atoms with E-state index in [-0.39, 0.29) is 30.1 Å². The van der Waals surface area contributed by atoms with E-state index in [0.29, 0.717) is 17.2 Å². The van der Waals surface area contributed by atoms with Crippen LogP contribution in [0.25, 0.3) is 5.69 Å². The standard InChI is InChI=1S/C22H19F3N2O3S.2C2H6/c1-12-9-13(7-8-28)10-18(25)20(12)27-19(29)6-5-16(22(27)26(2)31)21(30)15-4-3-14(23)11-17(15)24;2*1-2/h3-6,9-11,28,31H,7-8H2,1-2H3;2*1-2H3. The Hall–Kier alpha value is -3.04. The third-order valence-electron chi connectivity index (χ3n) is 4.73. The maximum atomic E-state index is 15.0. The van der Waals surface area contributed by atoms with Crippen LogP contribution in [-0.2, 0) is 6.42 Å². The first-order chi connectivity index (χ1) is 16.6. The smallest absolute Gasteiger partial charge is 0.256 e. The molecule has 0 aliphatic carbocycles. The van der Waals surface area contributed by atoms with Crippen molar-refractivity contribution in [2.24, 2.45) is 0 Å². The molecule has 0 unspecified atom stereocenters. The van der Waals surface area contributed by atoms with E-state index in [4.69, 9.17) is 5.11 Å². The molecule has 0 spiro atoms. The summed E-state index contributed by atoms with van der Waals surface area (Å²) in [4.78, 5) is 25.8. The Morgan fingerprint density at radius 3 is 2.09 bits per heavy atom. The lowest BCUT2D eigenvalue weighted by Crippen LogP contribution is -2.27. The van der Waals surface area contributed by atoms with E-state index in [2.05, 4.69) is 12.8 Å². The molecule has 0 saturated carbocycles. The Labute approximate surface area is 209 Å². The van der Waals surface area contributed by atoms with E-state index in [1.54, 1.807) is 13.0 Å². The number of hydrogen-bond acceptors (Lipinski definition) is 5. The van der Waals surface area contributed by atoms with Gasteiger partial charge < -0.3 is 9.41 Å². The van der Waals surface area contributed by atoms with Gasteiger partial charge in [0.15, 0.2) is 5.78 Å². The molecule has 0 aliphatic rings. The zero-order valence-electron chi connectivity index (χ0n) is 20.7. The van der Waals surface area contributed by atoms with Crippen LogP contribution in [0.3, 0.4) is 0 Å². The molecule has 3 rings (SSSR count). The zero-order chi connectivity index (χ0) is 26.9. The lowest BCUT2D eigenvalue weighted by molar-refractivity contribution is 0.103. The molecular formula is C26H31F3N2O3S. The number of ketones is 1. The first-order valence-electron chi connectivity index (χ1n) is 11.2. The van der Waals surface area contributed by atoms with Gasteiger partial charge in [0, 0.05) is 25.8 Å². The van der Waals surface area contributed by atoms with Crippen LogP contribution in [0.4, 0.5) is 19.0 Å². The number of benzene rings is 2. The number of aromatic nitrogens is 1. The van der Waals surface area contributed by atoms with Crippen molar-refractivity contribution in [2.75, 3.05) is 18.0 Å². The molecule has 0 radical (unpaired) electrons. The molecule has 1 N–H and O–H groups in total. The molecular weight excluding hydrogens is 477 g/mol. The monoisotopic (exact) mass is 508 g/mol. The van der Waals surface area contributed by atoms with Gasteiger partial charge in [-0.3, -0.25) is 14.2 Å². The number of aliphatic hydroxyl groups excluding tert-OH is 1. The van der Waals surface area contributed by atoms with Crippen LogP contribution in [0.5, 0.6) is 0 Å².